The lowest BCUT2D eigenvalue weighted by molar-refractivity contribution is 1.10. The Kier molecular flexibility index (Phi) is 2.51. The minimum atomic E-state index is 0.607. The topological polar surface area (TPSA) is 41.6 Å². The van der Waals surface area contributed by atoms with Crippen molar-refractivity contribution in [3.8, 4) is 11.8 Å². The van der Waals surface area contributed by atoms with Crippen molar-refractivity contribution in [2.75, 3.05) is 0 Å². The third-order valence-corrected chi connectivity index (χ3v) is 3.16. The highest BCUT2D eigenvalue weighted by Gasteiger charge is 2.10. The van der Waals surface area contributed by atoms with Gasteiger partial charge in [-0.15, -0.1) is 0 Å². The fourth-order valence-electron chi connectivity index (χ4n) is 2.01. The van der Waals surface area contributed by atoms with E-state index in [1.807, 2.05) is 28.8 Å². The molecule has 0 bridgehead atoms. The molecule has 3 rings (SSSR count). The molecular formula is C14H8ClN3. The summed E-state index contributed by atoms with van der Waals surface area (Å²) in [5.41, 5.74) is 2.35. The Hall–Kier alpha value is -2.31. The van der Waals surface area contributed by atoms with Gasteiger partial charge in [0.05, 0.1) is 28.0 Å². The number of pyridine rings is 1. The minimum Gasteiger partial charge on any atom is -0.312 e. The molecule has 0 spiro atoms. The van der Waals surface area contributed by atoms with Gasteiger partial charge in [-0.3, -0.25) is 4.98 Å². The molecule has 0 amide bonds. The molecule has 0 saturated carbocycles. The van der Waals surface area contributed by atoms with E-state index in [0.29, 0.717) is 10.6 Å². The first kappa shape index (κ1) is 10.8. The van der Waals surface area contributed by atoms with E-state index in [0.717, 1.165) is 16.6 Å². The van der Waals surface area contributed by atoms with Crippen LogP contribution in [0.25, 0.3) is 16.6 Å². The van der Waals surface area contributed by atoms with E-state index in [1.54, 1.807) is 24.7 Å². The van der Waals surface area contributed by atoms with Crippen LogP contribution in [-0.2, 0) is 0 Å². The van der Waals surface area contributed by atoms with Crippen molar-refractivity contribution in [3.05, 3.63) is 59.5 Å². The summed E-state index contributed by atoms with van der Waals surface area (Å²) in [5, 5.41) is 10.7. The molecule has 0 radical (unpaired) electrons. The van der Waals surface area contributed by atoms with Crippen molar-refractivity contribution in [1.82, 2.24) is 9.55 Å². The highest BCUT2D eigenvalue weighted by molar-refractivity contribution is 6.32. The molecule has 3 nitrogen and oxygen atoms in total. The van der Waals surface area contributed by atoms with Crippen LogP contribution in [0, 0.1) is 11.3 Å². The first-order valence-electron chi connectivity index (χ1n) is 5.41. The lowest BCUT2D eigenvalue weighted by atomic mass is 10.2. The third kappa shape index (κ3) is 1.55. The van der Waals surface area contributed by atoms with E-state index < -0.39 is 0 Å². The zero-order valence-corrected chi connectivity index (χ0v) is 10.1. The number of nitriles is 1. The molecule has 2 heterocycles. The largest absolute Gasteiger partial charge is 0.312 e. The maximum Gasteiger partial charge on any atom is 0.101 e. The highest BCUT2D eigenvalue weighted by Crippen LogP contribution is 2.27. The highest BCUT2D eigenvalue weighted by atomic mass is 35.5. The van der Waals surface area contributed by atoms with Gasteiger partial charge in [-0.05, 0) is 12.1 Å². The van der Waals surface area contributed by atoms with Gasteiger partial charge in [0, 0.05) is 17.8 Å². The quantitative estimate of drug-likeness (QED) is 0.665. The van der Waals surface area contributed by atoms with Crippen molar-refractivity contribution < 1.29 is 0 Å². The van der Waals surface area contributed by atoms with Crippen LogP contribution in [0.15, 0.2) is 48.9 Å². The summed E-state index contributed by atoms with van der Waals surface area (Å²) in [5.74, 6) is 0. The van der Waals surface area contributed by atoms with Gasteiger partial charge in [-0.2, -0.15) is 5.26 Å². The molecule has 1 aromatic carbocycles. The molecule has 0 aliphatic heterocycles. The maximum atomic E-state index is 9.15. The summed E-state index contributed by atoms with van der Waals surface area (Å²) >= 11 is 6.17. The zero-order chi connectivity index (χ0) is 12.5. The lowest BCUT2D eigenvalue weighted by Crippen LogP contribution is -1.93. The number of hydrogen-bond acceptors (Lipinski definition) is 2. The number of hydrogen-bond donors (Lipinski definition) is 0. The molecule has 0 aliphatic rings. The summed E-state index contributed by atoms with van der Waals surface area (Å²) in [6.07, 6.45) is 5.12. The number of nitrogens with zero attached hydrogens (tertiary/aromatic N) is 3. The van der Waals surface area contributed by atoms with Crippen LogP contribution >= 0.6 is 11.6 Å². The number of para-hydroxylation sites is 1. The summed E-state index contributed by atoms with van der Waals surface area (Å²) in [4.78, 5) is 4.08. The number of halogens is 1. The molecule has 4 heteroatoms. The molecule has 2 aromatic heterocycles. The van der Waals surface area contributed by atoms with Crippen molar-refractivity contribution >= 4 is 22.5 Å². The van der Waals surface area contributed by atoms with Crippen LogP contribution in [0.3, 0.4) is 0 Å². The fraction of sp³-hybridized carbons (Fsp3) is 0. The summed E-state index contributed by atoms with van der Waals surface area (Å²) in [7, 11) is 0. The number of rotatable bonds is 1. The molecule has 0 saturated heterocycles. The van der Waals surface area contributed by atoms with E-state index in [1.165, 1.54) is 0 Å². The van der Waals surface area contributed by atoms with Crippen molar-refractivity contribution in [3.63, 3.8) is 0 Å². The predicted octanol–water partition coefficient (Wildman–Crippen LogP) is 3.55. The Bertz CT molecular complexity index is 768. The molecule has 3 aromatic rings. The Morgan fingerprint density at radius 2 is 2.06 bits per heavy atom. The third-order valence-electron chi connectivity index (χ3n) is 2.84. The smallest absolute Gasteiger partial charge is 0.101 e. The molecule has 0 aliphatic carbocycles. The standard InChI is InChI=1S/C14H8ClN3/c15-12-5-6-17-8-14(12)18-9-10(7-16)11-3-1-2-4-13(11)18/h1-6,8-9H. The van der Waals surface area contributed by atoms with Gasteiger partial charge in [0.2, 0.25) is 0 Å². The van der Waals surface area contributed by atoms with Crippen LogP contribution in [0.4, 0.5) is 0 Å². The number of aromatic nitrogens is 2. The van der Waals surface area contributed by atoms with Crippen LogP contribution in [-0.4, -0.2) is 9.55 Å². The maximum absolute atomic E-state index is 9.15. The van der Waals surface area contributed by atoms with E-state index in [9.17, 15) is 0 Å². The normalized spacial score (nSPS) is 10.4. The monoisotopic (exact) mass is 253 g/mol. The average Bonchev–Trinajstić information content (AvgIpc) is 2.78. The summed E-state index contributed by atoms with van der Waals surface area (Å²) in [6, 6.07) is 11.7. The van der Waals surface area contributed by atoms with Crippen molar-refractivity contribution in [2.45, 2.75) is 0 Å². The average molecular weight is 254 g/mol. The molecule has 18 heavy (non-hydrogen) atoms. The Balaban J connectivity index is 2.38. The van der Waals surface area contributed by atoms with E-state index >= 15 is 0 Å². The Morgan fingerprint density at radius 1 is 1.22 bits per heavy atom. The van der Waals surface area contributed by atoms with Gasteiger partial charge in [-0.1, -0.05) is 29.8 Å². The Morgan fingerprint density at radius 3 is 2.83 bits per heavy atom. The van der Waals surface area contributed by atoms with Gasteiger partial charge < -0.3 is 4.57 Å². The van der Waals surface area contributed by atoms with E-state index in [2.05, 4.69) is 11.1 Å². The predicted molar refractivity (Wildman–Crippen MR) is 70.8 cm³/mol. The van der Waals surface area contributed by atoms with Crippen LogP contribution in [0.2, 0.25) is 5.02 Å². The Labute approximate surface area is 109 Å². The molecule has 0 unspecified atom stereocenters. The number of fused-ring (bicyclic) bond motifs is 1. The zero-order valence-electron chi connectivity index (χ0n) is 9.34. The molecule has 0 N–H and O–H groups in total. The minimum absolute atomic E-state index is 0.607. The molecule has 0 atom stereocenters. The van der Waals surface area contributed by atoms with Crippen LogP contribution in [0.5, 0.6) is 0 Å². The number of benzene rings is 1. The van der Waals surface area contributed by atoms with Gasteiger partial charge in [0.25, 0.3) is 0 Å². The molecule has 86 valence electrons. The first-order chi connectivity index (χ1) is 8.81. The summed E-state index contributed by atoms with van der Waals surface area (Å²) in [6.45, 7) is 0. The second-order valence-electron chi connectivity index (χ2n) is 3.87. The summed E-state index contributed by atoms with van der Waals surface area (Å²) < 4.78 is 1.89. The lowest BCUT2D eigenvalue weighted by Gasteiger charge is -2.06. The second kappa shape index (κ2) is 4.17. The van der Waals surface area contributed by atoms with Crippen LogP contribution < -0.4 is 0 Å². The fourth-order valence-corrected chi connectivity index (χ4v) is 2.21. The molecule has 0 fully saturated rings. The second-order valence-corrected chi connectivity index (χ2v) is 4.28. The van der Waals surface area contributed by atoms with E-state index in [-0.39, 0.29) is 0 Å². The van der Waals surface area contributed by atoms with Gasteiger partial charge in [-0.25, -0.2) is 0 Å². The van der Waals surface area contributed by atoms with Crippen molar-refractivity contribution in [2.24, 2.45) is 0 Å². The van der Waals surface area contributed by atoms with Crippen LogP contribution in [0.1, 0.15) is 5.56 Å². The SMILES string of the molecule is N#Cc1cn(-c2cnccc2Cl)c2ccccc12. The molecular weight excluding hydrogens is 246 g/mol. The van der Waals surface area contributed by atoms with Gasteiger partial charge in [0.15, 0.2) is 0 Å². The van der Waals surface area contributed by atoms with Crippen molar-refractivity contribution in [1.29, 1.82) is 5.26 Å². The van der Waals surface area contributed by atoms with Gasteiger partial charge >= 0.3 is 0 Å². The van der Waals surface area contributed by atoms with E-state index in [4.69, 9.17) is 16.9 Å². The van der Waals surface area contributed by atoms with Gasteiger partial charge in [0.1, 0.15) is 6.07 Å². The first-order valence-corrected chi connectivity index (χ1v) is 5.79.